The van der Waals surface area contributed by atoms with Gasteiger partial charge in [-0.25, -0.2) is 0 Å². The van der Waals surface area contributed by atoms with Crippen molar-refractivity contribution in [1.29, 1.82) is 0 Å². The van der Waals surface area contributed by atoms with E-state index in [0.717, 1.165) is 11.8 Å². The largest absolute Gasteiger partial charge is 0.463 e. The van der Waals surface area contributed by atoms with Crippen LogP contribution < -0.4 is 0 Å². The Hall–Kier alpha value is -0.550. The Morgan fingerprint density at radius 1 is 1.43 bits per heavy atom. The van der Waals surface area contributed by atoms with Crippen LogP contribution in [0, 0.1) is 5.92 Å². The average molecular weight is 220 g/mol. The van der Waals surface area contributed by atoms with Gasteiger partial charge in [-0.1, -0.05) is 25.6 Å². The van der Waals surface area contributed by atoms with Crippen LogP contribution >= 0.6 is 11.8 Å². The van der Waals surface area contributed by atoms with Crippen molar-refractivity contribution in [1.82, 2.24) is 0 Å². The van der Waals surface area contributed by atoms with Gasteiger partial charge in [0.05, 0.1) is 12.0 Å². The van der Waals surface area contributed by atoms with Gasteiger partial charge in [-0.05, 0) is 0 Å². The van der Waals surface area contributed by atoms with Crippen LogP contribution in [0.2, 0.25) is 0 Å². The summed E-state index contributed by atoms with van der Waals surface area (Å²) in [7, 11) is 0. The second kappa shape index (κ2) is 6.84. The summed E-state index contributed by atoms with van der Waals surface area (Å²) in [5, 5.41) is 9.22. The van der Waals surface area contributed by atoms with Crippen molar-refractivity contribution in [3.05, 3.63) is 0 Å². The Morgan fingerprint density at radius 3 is 2.43 bits per heavy atom. The SMILES string of the molecule is CC(=O)SCC(O)COC(=O)C(C)C. The molecule has 0 spiro atoms. The Labute approximate surface area is 88.0 Å². The van der Waals surface area contributed by atoms with Crippen molar-refractivity contribution in [3.8, 4) is 0 Å². The predicted molar refractivity (Wildman–Crippen MR) is 54.9 cm³/mol. The number of esters is 1. The first-order chi connectivity index (χ1) is 6.43. The lowest BCUT2D eigenvalue weighted by Gasteiger charge is -2.11. The number of carbonyl (C=O) groups excluding carboxylic acids is 2. The van der Waals surface area contributed by atoms with E-state index in [-0.39, 0.29) is 29.4 Å². The maximum atomic E-state index is 11.0. The molecule has 14 heavy (non-hydrogen) atoms. The highest BCUT2D eigenvalue weighted by atomic mass is 32.2. The van der Waals surface area contributed by atoms with Gasteiger partial charge in [0.25, 0.3) is 0 Å². The summed E-state index contributed by atoms with van der Waals surface area (Å²) >= 11 is 1.02. The number of aliphatic hydroxyl groups is 1. The summed E-state index contributed by atoms with van der Waals surface area (Å²) in [6.45, 7) is 4.83. The lowest BCUT2D eigenvalue weighted by atomic mass is 10.2. The Morgan fingerprint density at radius 2 is 2.00 bits per heavy atom. The molecule has 82 valence electrons. The molecule has 0 aromatic heterocycles. The van der Waals surface area contributed by atoms with Crippen molar-refractivity contribution in [2.24, 2.45) is 5.92 Å². The lowest BCUT2D eigenvalue weighted by molar-refractivity contribution is -0.149. The predicted octanol–water partition coefficient (Wildman–Crippen LogP) is 0.826. The molecule has 0 amide bonds. The molecule has 0 aromatic carbocycles. The molecule has 0 fully saturated rings. The van der Waals surface area contributed by atoms with Crippen molar-refractivity contribution in [2.75, 3.05) is 12.4 Å². The summed E-state index contributed by atoms with van der Waals surface area (Å²) < 4.78 is 4.78. The van der Waals surface area contributed by atoms with E-state index >= 15 is 0 Å². The molecule has 0 rings (SSSR count). The number of ether oxygens (including phenoxy) is 1. The van der Waals surface area contributed by atoms with Gasteiger partial charge < -0.3 is 9.84 Å². The molecule has 0 bridgehead atoms. The summed E-state index contributed by atoms with van der Waals surface area (Å²) in [6, 6.07) is 0. The molecule has 1 unspecified atom stereocenters. The fraction of sp³-hybridized carbons (Fsp3) is 0.778. The molecule has 1 atom stereocenters. The second-order valence-electron chi connectivity index (χ2n) is 3.24. The molecule has 0 heterocycles. The highest BCUT2D eigenvalue weighted by Gasteiger charge is 2.12. The van der Waals surface area contributed by atoms with Gasteiger partial charge in [0.2, 0.25) is 0 Å². The van der Waals surface area contributed by atoms with Crippen molar-refractivity contribution in [3.63, 3.8) is 0 Å². The molecule has 0 aliphatic heterocycles. The molecule has 4 nitrogen and oxygen atoms in total. The van der Waals surface area contributed by atoms with Gasteiger partial charge in [0, 0.05) is 12.7 Å². The van der Waals surface area contributed by atoms with Crippen molar-refractivity contribution < 1.29 is 19.4 Å². The summed E-state index contributed by atoms with van der Waals surface area (Å²) in [4.78, 5) is 21.5. The quantitative estimate of drug-likeness (QED) is 0.695. The minimum absolute atomic E-state index is 0.0444. The summed E-state index contributed by atoms with van der Waals surface area (Å²) in [6.07, 6.45) is -0.772. The second-order valence-corrected chi connectivity index (χ2v) is 4.44. The van der Waals surface area contributed by atoms with Crippen molar-refractivity contribution >= 4 is 22.8 Å². The summed E-state index contributed by atoms with van der Waals surface area (Å²) in [5.74, 6) is -0.264. The Kier molecular flexibility index (Phi) is 6.57. The monoisotopic (exact) mass is 220 g/mol. The fourth-order valence-electron chi connectivity index (χ4n) is 0.607. The number of hydrogen-bond donors (Lipinski definition) is 1. The number of hydrogen-bond acceptors (Lipinski definition) is 5. The van der Waals surface area contributed by atoms with Crippen LogP contribution in [0.4, 0.5) is 0 Å². The topological polar surface area (TPSA) is 63.6 Å². The smallest absolute Gasteiger partial charge is 0.308 e. The van der Waals surface area contributed by atoms with Gasteiger partial charge in [0.1, 0.15) is 6.61 Å². The molecule has 0 aliphatic rings. The molecule has 0 saturated carbocycles. The van der Waals surface area contributed by atoms with Gasteiger partial charge in [0.15, 0.2) is 5.12 Å². The third-order valence-electron chi connectivity index (χ3n) is 1.37. The van der Waals surface area contributed by atoms with E-state index in [1.165, 1.54) is 6.92 Å². The zero-order valence-corrected chi connectivity index (χ0v) is 9.47. The third-order valence-corrected chi connectivity index (χ3v) is 2.33. The minimum atomic E-state index is -0.772. The highest BCUT2D eigenvalue weighted by molar-refractivity contribution is 8.13. The number of aliphatic hydroxyl groups excluding tert-OH is 1. The molecule has 0 saturated heterocycles. The van der Waals surface area contributed by atoms with Gasteiger partial charge in [-0.3, -0.25) is 9.59 Å². The Bertz CT molecular complexity index is 203. The normalized spacial score (nSPS) is 12.6. The fourth-order valence-corrected chi connectivity index (χ4v) is 1.13. The van der Waals surface area contributed by atoms with Crippen LogP contribution in [0.3, 0.4) is 0 Å². The van der Waals surface area contributed by atoms with Crippen LogP contribution in [0.5, 0.6) is 0 Å². The first-order valence-corrected chi connectivity index (χ1v) is 5.40. The maximum Gasteiger partial charge on any atom is 0.308 e. The van der Waals surface area contributed by atoms with E-state index < -0.39 is 6.10 Å². The van der Waals surface area contributed by atoms with E-state index in [9.17, 15) is 14.7 Å². The van der Waals surface area contributed by atoms with Crippen LogP contribution in [-0.4, -0.2) is 34.7 Å². The number of thioether (sulfide) groups is 1. The molecule has 0 radical (unpaired) electrons. The molecule has 0 aliphatic carbocycles. The van der Waals surface area contributed by atoms with Crippen LogP contribution in [0.1, 0.15) is 20.8 Å². The Balaban J connectivity index is 3.58. The van der Waals surface area contributed by atoms with Crippen LogP contribution in [-0.2, 0) is 14.3 Å². The van der Waals surface area contributed by atoms with Crippen molar-refractivity contribution in [2.45, 2.75) is 26.9 Å². The first-order valence-electron chi connectivity index (χ1n) is 4.41. The number of carbonyl (C=O) groups is 2. The van der Waals surface area contributed by atoms with Gasteiger partial charge in [-0.15, -0.1) is 0 Å². The molecular weight excluding hydrogens is 204 g/mol. The van der Waals surface area contributed by atoms with E-state index in [1.54, 1.807) is 13.8 Å². The lowest BCUT2D eigenvalue weighted by Crippen LogP contribution is -2.23. The zero-order valence-electron chi connectivity index (χ0n) is 8.65. The van der Waals surface area contributed by atoms with E-state index in [2.05, 4.69) is 0 Å². The standard InChI is InChI=1S/C9H16O4S/c1-6(2)9(12)13-4-8(11)5-14-7(3)10/h6,8,11H,4-5H2,1-3H3. The molecule has 0 aromatic rings. The van der Waals surface area contributed by atoms with Gasteiger partial charge >= 0.3 is 5.97 Å². The number of rotatable bonds is 5. The molecule has 5 heteroatoms. The van der Waals surface area contributed by atoms with Crippen LogP contribution in [0.15, 0.2) is 0 Å². The van der Waals surface area contributed by atoms with Crippen LogP contribution in [0.25, 0.3) is 0 Å². The molecule has 1 N–H and O–H groups in total. The summed E-state index contributed by atoms with van der Waals surface area (Å²) in [5.41, 5.74) is 0. The van der Waals surface area contributed by atoms with E-state index in [4.69, 9.17) is 4.74 Å². The third kappa shape index (κ3) is 6.91. The maximum absolute atomic E-state index is 11.0. The minimum Gasteiger partial charge on any atom is -0.463 e. The van der Waals surface area contributed by atoms with E-state index in [0.29, 0.717) is 0 Å². The first kappa shape index (κ1) is 13.4. The highest BCUT2D eigenvalue weighted by Crippen LogP contribution is 2.05. The zero-order chi connectivity index (χ0) is 11.1. The van der Waals surface area contributed by atoms with E-state index in [1.807, 2.05) is 0 Å². The van der Waals surface area contributed by atoms with Gasteiger partial charge in [-0.2, -0.15) is 0 Å². The molecular formula is C9H16O4S. The average Bonchev–Trinajstić information content (AvgIpc) is 2.10.